The molecule has 0 atom stereocenters. The number of hydrogen-bond donors (Lipinski definition) is 1. The third kappa shape index (κ3) is 3.56. The molecule has 1 rings (SSSR count). The summed E-state index contributed by atoms with van der Waals surface area (Å²) in [5, 5.41) is 16.3. The van der Waals surface area contributed by atoms with Gasteiger partial charge in [0.05, 0.1) is 10.6 Å². The van der Waals surface area contributed by atoms with Crippen LogP contribution in [0.15, 0.2) is 29.4 Å². The van der Waals surface area contributed by atoms with Crippen molar-refractivity contribution in [2.75, 3.05) is 7.05 Å². The zero-order chi connectivity index (χ0) is 12.8. The highest BCUT2D eigenvalue weighted by molar-refractivity contribution is 5.99. The average molecular weight is 237 g/mol. The van der Waals surface area contributed by atoms with Gasteiger partial charge in [-0.05, 0) is 6.92 Å². The van der Waals surface area contributed by atoms with Crippen molar-refractivity contribution in [3.05, 3.63) is 39.9 Å². The number of nitrogens with zero attached hydrogens (tertiary/aromatic N) is 2. The van der Waals surface area contributed by atoms with E-state index in [1.165, 1.54) is 25.2 Å². The van der Waals surface area contributed by atoms with E-state index in [-0.39, 0.29) is 5.69 Å². The Labute approximate surface area is 97.2 Å². The number of benzene rings is 1. The molecule has 1 aromatic rings. The molecule has 1 amide bonds. The second-order valence-corrected chi connectivity index (χ2v) is 3.11. The SMILES string of the molecule is CNC(=O)O/N=C(/C)c1cccc([N+](=O)[O-])c1. The number of nitro benzene ring substituents is 1. The Morgan fingerprint density at radius 2 is 2.24 bits per heavy atom. The molecular formula is C10H11N3O4. The highest BCUT2D eigenvalue weighted by Gasteiger charge is 2.08. The average Bonchev–Trinajstić information content (AvgIpc) is 2.35. The van der Waals surface area contributed by atoms with E-state index in [4.69, 9.17) is 0 Å². The molecule has 0 aromatic heterocycles. The summed E-state index contributed by atoms with van der Waals surface area (Å²) < 4.78 is 0. The molecule has 0 spiro atoms. The van der Waals surface area contributed by atoms with Crippen molar-refractivity contribution in [2.45, 2.75) is 6.92 Å². The Balaban J connectivity index is 2.88. The normalized spacial score (nSPS) is 10.8. The van der Waals surface area contributed by atoms with Crippen molar-refractivity contribution in [3.8, 4) is 0 Å². The van der Waals surface area contributed by atoms with Crippen LogP contribution in [0.4, 0.5) is 10.5 Å². The van der Waals surface area contributed by atoms with Gasteiger partial charge in [0.1, 0.15) is 0 Å². The lowest BCUT2D eigenvalue weighted by Gasteiger charge is -2.00. The first-order valence-electron chi connectivity index (χ1n) is 4.72. The predicted octanol–water partition coefficient (Wildman–Crippen LogP) is 1.67. The van der Waals surface area contributed by atoms with Gasteiger partial charge < -0.3 is 5.32 Å². The molecule has 0 bridgehead atoms. The smallest absolute Gasteiger partial charge is 0.323 e. The summed E-state index contributed by atoms with van der Waals surface area (Å²) in [5.74, 6) is 0. The van der Waals surface area contributed by atoms with Crippen LogP contribution in [0.2, 0.25) is 0 Å². The van der Waals surface area contributed by atoms with Gasteiger partial charge in [0.2, 0.25) is 0 Å². The van der Waals surface area contributed by atoms with Gasteiger partial charge in [0, 0.05) is 24.7 Å². The molecule has 0 radical (unpaired) electrons. The lowest BCUT2D eigenvalue weighted by Crippen LogP contribution is -2.17. The van der Waals surface area contributed by atoms with Gasteiger partial charge in [-0.3, -0.25) is 15.0 Å². The lowest BCUT2D eigenvalue weighted by molar-refractivity contribution is -0.384. The second-order valence-electron chi connectivity index (χ2n) is 3.11. The van der Waals surface area contributed by atoms with Crippen molar-refractivity contribution in [3.63, 3.8) is 0 Å². The van der Waals surface area contributed by atoms with E-state index >= 15 is 0 Å². The van der Waals surface area contributed by atoms with Crippen LogP contribution in [0.1, 0.15) is 12.5 Å². The van der Waals surface area contributed by atoms with E-state index < -0.39 is 11.0 Å². The van der Waals surface area contributed by atoms with Crippen LogP contribution in [0, 0.1) is 10.1 Å². The molecule has 0 aliphatic heterocycles. The van der Waals surface area contributed by atoms with Crippen molar-refractivity contribution in [1.82, 2.24) is 5.32 Å². The van der Waals surface area contributed by atoms with Crippen molar-refractivity contribution < 1.29 is 14.6 Å². The van der Waals surface area contributed by atoms with Crippen LogP contribution < -0.4 is 5.32 Å². The highest BCUT2D eigenvalue weighted by atomic mass is 16.7. The van der Waals surface area contributed by atoms with Crippen LogP contribution in [0.3, 0.4) is 0 Å². The van der Waals surface area contributed by atoms with Gasteiger partial charge in [-0.1, -0.05) is 17.3 Å². The number of nitrogens with one attached hydrogen (secondary N) is 1. The Kier molecular flexibility index (Phi) is 4.15. The molecule has 0 saturated heterocycles. The molecule has 0 unspecified atom stereocenters. The first kappa shape index (κ1) is 12.6. The molecule has 7 heteroatoms. The Morgan fingerprint density at radius 1 is 1.53 bits per heavy atom. The maximum Gasteiger partial charge on any atom is 0.433 e. The fraction of sp³-hybridized carbons (Fsp3) is 0.200. The van der Waals surface area contributed by atoms with E-state index in [1.807, 2.05) is 0 Å². The topological polar surface area (TPSA) is 93.8 Å². The molecule has 1 N–H and O–H groups in total. The molecule has 0 aliphatic rings. The molecule has 0 heterocycles. The van der Waals surface area contributed by atoms with Gasteiger partial charge in [-0.25, -0.2) is 4.79 Å². The number of hydrogen-bond acceptors (Lipinski definition) is 5. The zero-order valence-corrected chi connectivity index (χ0v) is 9.34. The molecule has 0 aliphatic carbocycles. The zero-order valence-electron chi connectivity index (χ0n) is 9.34. The van der Waals surface area contributed by atoms with E-state index in [2.05, 4.69) is 15.3 Å². The van der Waals surface area contributed by atoms with Crippen LogP contribution in [-0.4, -0.2) is 23.8 Å². The number of non-ortho nitro benzene ring substituents is 1. The summed E-state index contributed by atoms with van der Waals surface area (Å²) in [4.78, 5) is 25.3. The lowest BCUT2D eigenvalue weighted by atomic mass is 10.1. The van der Waals surface area contributed by atoms with Crippen LogP contribution in [-0.2, 0) is 4.84 Å². The summed E-state index contributed by atoms with van der Waals surface area (Å²) >= 11 is 0. The highest BCUT2D eigenvalue weighted by Crippen LogP contribution is 2.13. The predicted molar refractivity (Wildman–Crippen MR) is 60.8 cm³/mol. The maximum atomic E-state index is 10.8. The third-order valence-corrected chi connectivity index (χ3v) is 1.94. The van der Waals surface area contributed by atoms with Crippen LogP contribution >= 0.6 is 0 Å². The van der Waals surface area contributed by atoms with E-state index in [0.29, 0.717) is 11.3 Å². The maximum absolute atomic E-state index is 10.8. The van der Waals surface area contributed by atoms with E-state index in [1.54, 1.807) is 13.0 Å². The summed E-state index contributed by atoms with van der Waals surface area (Å²) in [5.41, 5.74) is 0.845. The fourth-order valence-electron chi connectivity index (χ4n) is 1.05. The quantitative estimate of drug-likeness (QED) is 0.374. The van der Waals surface area contributed by atoms with E-state index in [9.17, 15) is 14.9 Å². The number of rotatable bonds is 3. The monoisotopic (exact) mass is 237 g/mol. The minimum absolute atomic E-state index is 0.0445. The number of carbonyl (C=O) groups is 1. The molecule has 17 heavy (non-hydrogen) atoms. The molecule has 7 nitrogen and oxygen atoms in total. The number of carbonyl (C=O) groups excluding carboxylic acids is 1. The van der Waals surface area contributed by atoms with Crippen LogP contribution in [0.25, 0.3) is 0 Å². The van der Waals surface area contributed by atoms with Crippen molar-refractivity contribution in [2.24, 2.45) is 5.16 Å². The Bertz CT molecular complexity index is 470. The summed E-state index contributed by atoms with van der Waals surface area (Å²) in [6, 6.07) is 5.90. The summed E-state index contributed by atoms with van der Waals surface area (Å²) in [7, 11) is 1.40. The number of nitro groups is 1. The standard InChI is InChI=1S/C10H11N3O4/c1-7(12-17-10(14)11-2)8-4-3-5-9(6-8)13(15)16/h3-6H,1-2H3,(H,11,14)/b12-7-. The van der Waals surface area contributed by atoms with Gasteiger partial charge in [0.25, 0.3) is 5.69 Å². The van der Waals surface area contributed by atoms with E-state index in [0.717, 1.165) is 0 Å². The molecule has 90 valence electrons. The first-order chi connectivity index (χ1) is 8.04. The molecular weight excluding hydrogens is 226 g/mol. The van der Waals surface area contributed by atoms with Crippen molar-refractivity contribution in [1.29, 1.82) is 0 Å². The molecule has 1 aromatic carbocycles. The summed E-state index contributed by atoms with van der Waals surface area (Å²) in [6.45, 7) is 1.59. The van der Waals surface area contributed by atoms with Gasteiger partial charge in [0.15, 0.2) is 0 Å². The Hall–Kier alpha value is -2.44. The largest absolute Gasteiger partial charge is 0.433 e. The fourth-order valence-corrected chi connectivity index (χ4v) is 1.05. The summed E-state index contributed by atoms with van der Waals surface area (Å²) in [6.07, 6.45) is -0.699. The third-order valence-electron chi connectivity index (χ3n) is 1.94. The second kappa shape index (κ2) is 5.59. The van der Waals surface area contributed by atoms with Gasteiger partial charge >= 0.3 is 6.09 Å². The minimum Gasteiger partial charge on any atom is -0.323 e. The molecule has 0 fully saturated rings. The van der Waals surface area contributed by atoms with Crippen LogP contribution in [0.5, 0.6) is 0 Å². The minimum atomic E-state index is -0.699. The number of oxime groups is 1. The Morgan fingerprint density at radius 3 is 2.82 bits per heavy atom. The van der Waals surface area contributed by atoms with Crippen molar-refractivity contribution >= 4 is 17.5 Å². The molecule has 0 saturated carbocycles. The first-order valence-corrected chi connectivity index (χ1v) is 4.72. The number of amides is 1. The van der Waals surface area contributed by atoms with Gasteiger partial charge in [-0.2, -0.15) is 0 Å². The van der Waals surface area contributed by atoms with Gasteiger partial charge in [-0.15, -0.1) is 0 Å².